The summed E-state index contributed by atoms with van der Waals surface area (Å²) in [6.07, 6.45) is 0. The third kappa shape index (κ3) is 2.44. The predicted molar refractivity (Wildman–Crippen MR) is 88.0 cm³/mol. The molecule has 7 heteroatoms. The lowest BCUT2D eigenvalue weighted by atomic mass is 10.1. The van der Waals surface area contributed by atoms with Gasteiger partial charge in [-0.25, -0.2) is 4.98 Å². The van der Waals surface area contributed by atoms with Gasteiger partial charge in [0.1, 0.15) is 9.71 Å². The van der Waals surface area contributed by atoms with Crippen LogP contribution in [0.1, 0.15) is 9.67 Å². The molecule has 0 radical (unpaired) electrons. The van der Waals surface area contributed by atoms with Crippen LogP contribution in [0, 0.1) is 0 Å². The van der Waals surface area contributed by atoms with Gasteiger partial charge in [0.25, 0.3) is 5.91 Å². The summed E-state index contributed by atoms with van der Waals surface area (Å²) >= 11 is 13.2. The number of anilines is 1. The van der Waals surface area contributed by atoms with Gasteiger partial charge in [-0.3, -0.25) is 4.79 Å². The van der Waals surface area contributed by atoms with E-state index < -0.39 is 5.91 Å². The summed E-state index contributed by atoms with van der Waals surface area (Å²) in [4.78, 5) is 16.8. The number of amides is 1. The number of thiophene rings is 1. The van der Waals surface area contributed by atoms with Crippen molar-refractivity contribution in [2.45, 2.75) is 0 Å². The Morgan fingerprint density at radius 1 is 1.19 bits per heavy atom. The van der Waals surface area contributed by atoms with Crippen LogP contribution >= 0.6 is 34.5 Å². The molecule has 2 heterocycles. The van der Waals surface area contributed by atoms with Gasteiger partial charge in [-0.15, -0.1) is 11.3 Å². The second-order valence-electron chi connectivity index (χ2n) is 4.38. The first-order valence-corrected chi connectivity index (χ1v) is 7.49. The van der Waals surface area contributed by atoms with Crippen LogP contribution in [0.2, 0.25) is 10.0 Å². The van der Waals surface area contributed by atoms with Gasteiger partial charge in [0.15, 0.2) is 0 Å². The molecule has 4 N–H and O–H groups in total. The minimum absolute atomic E-state index is 0.317. The van der Waals surface area contributed by atoms with E-state index in [2.05, 4.69) is 4.98 Å². The Bertz CT molecular complexity index is 876. The number of fused-ring (bicyclic) bond motifs is 1. The molecule has 3 aromatic rings. The fraction of sp³-hybridized carbons (Fsp3) is 0. The number of aromatic nitrogens is 1. The lowest BCUT2D eigenvalue weighted by Crippen LogP contribution is -2.10. The summed E-state index contributed by atoms with van der Waals surface area (Å²) in [5.41, 5.74) is 13.0. The van der Waals surface area contributed by atoms with Crippen LogP contribution < -0.4 is 11.5 Å². The molecule has 0 fully saturated rings. The highest BCUT2D eigenvalue weighted by molar-refractivity contribution is 7.21. The van der Waals surface area contributed by atoms with E-state index in [-0.39, 0.29) is 0 Å². The summed E-state index contributed by atoms with van der Waals surface area (Å²) in [7, 11) is 0. The Kier molecular flexibility index (Phi) is 3.49. The SMILES string of the molecule is NC(=O)c1sc2nc(-c3ccc(Cl)cc3Cl)ccc2c1N. The highest BCUT2D eigenvalue weighted by atomic mass is 35.5. The number of nitrogen functional groups attached to an aromatic ring is 1. The second kappa shape index (κ2) is 5.18. The van der Waals surface area contributed by atoms with Crippen LogP contribution in [0.25, 0.3) is 21.5 Å². The van der Waals surface area contributed by atoms with E-state index in [1.165, 1.54) is 11.3 Å². The van der Waals surface area contributed by atoms with Crippen molar-refractivity contribution in [2.24, 2.45) is 5.73 Å². The van der Waals surface area contributed by atoms with Gasteiger partial charge in [-0.1, -0.05) is 23.2 Å². The molecule has 0 spiro atoms. The second-order valence-corrected chi connectivity index (χ2v) is 6.23. The highest BCUT2D eigenvalue weighted by Gasteiger charge is 2.16. The number of hydrogen-bond donors (Lipinski definition) is 2. The molecule has 0 aliphatic rings. The van der Waals surface area contributed by atoms with Crippen molar-refractivity contribution in [3.05, 3.63) is 45.3 Å². The standard InChI is InChI=1S/C14H9Cl2N3OS/c15-6-1-2-7(9(16)5-6)10-4-3-8-11(17)12(13(18)20)21-14(8)19-10/h1-5H,17H2,(H2,18,20). The number of pyridine rings is 1. The van der Waals surface area contributed by atoms with E-state index in [1.54, 1.807) is 30.3 Å². The Balaban J connectivity index is 2.19. The Morgan fingerprint density at radius 3 is 2.62 bits per heavy atom. The molecular weight excluding hydrogens is 329 g/mol. The molecule has 0 bridgehead atoms. The first-order valence-electron chi connectivity index (χ1n) is 5.91. The number of nitrogens with zero attached hydrogens (tertiary/aromatic N) is 1. The average Bonchev–Trinajstić information content (AvgIpc) is 2.76. The van der Waals surface area contributed by atoms with E-state index >= 15 is 0 Å². The lowest BCUT2D eigenvalue weighted by molar-refractivity contribution is 0.100. The minimum atomic E-state index is -0.554. The predicted octanol–water partition coefficient (Wildman–Crippen LogP) is 3.95. The van der Waals surface area contributed by atoms with Crippen molar-refractivity contribution in [3.63, 3.8) is 0 Å². The van der Waals surface area contributed by atoms with Crippen molar-refractivity contribution in [1.82, 2.24) is 4.98 Å². The maximum absolute atomic E-state index is 11.3. The number of carbonyl (C=O) groups excluding carboxylic acids is 1. The first kappa shape index (κ1) is 14.1. The normalized spacial score (nSPS) is 11.0. The Hall–Kier alpha value is -1.82. The van der Waals surface area contributed by atoms with Gasteiger partial charge < -0.3 is 11.5 Å². The number of nitrogens with two attached hydrogens (primary N) is 2. The molecule has 0 aliphatic carbocycles. The summed E-state index contributed by atoms with van der Waals surface area (Å²) < 4.78 is 0. The molecular formula is C14H9Cl2N3OS. The number of primary amides is 1. The van der Waals surface area contributed by atoms with Gasteiger partial charge in [0, 0.05) is 16.0 Å². The quantitative estimate of drug-likeness (QED) is 0.742. The van der Waals surface area contributed by atoms with Crippen LogP contribution in [-0.4, -0.2) is 10.9 Å². The monoisotopic (exact) mass is 337 g/mol. The maximum Gasteiger partial charge on any atom is 0.260 e. The highest BCUT2D eigenvalue weighted by Crippen LogP contribution is 2.35. The molecule has 0 unspecified atom stereocenters. The smallest absolute Gasteiger partial charge is 0.260 e. The number of benzene rings is 1. The van der Waals surface area contributed by atoms with Crippen molar-refractivity contribution < 1.29 is 4.79 Å². The van der Waals surface area contributed by atoms with Crippen molar-refractivity contribution >= 4 is 56.3 Å². The van der Waals surface area contributed by atoms with Gasteiger partial charge in [-0.2, -0.15) is 0 Å². The van der Waals surface area contributed by atoms with E-state index in [9.17, 15) is 4.79 Å². The molecule has 0 saturated heterocycles. The maximum atomic E-state index is 11.3. The van der Waals surface area contributed by atoms with E-state index in [4.69, 9.17) is 34.7 Å². The van der Waals surface area contributed by atoms with E-state index in [1.807, 2.05) is 0 Å². The van der Waals surface area contributed by atoms with Crippen LogP contribution in [0.4, 0.5) is 5.69 Å². The van der Waals surface area contributed by atoms with E-state index in [0.29, 0.717) is 36.5 Å². The van der Waals surface area contributed by atoms with Gasteiger partial charge in [0.05, 0.1) is 16.4 Å². The summed E-state index contributed by atoms with van der Waals surface area (Å²) in [6, 6.07) is 8.80. The fourth-order valence-electron chi connectivity index (χ4n) is 2.03. The van der Waals surface area contributed by atoms with E-state index in [0.717, 1.165) is 5.56 Å². The zero-order chi connectivity index (χ0) is 15.1. The van der Waals surface area contributed by atoms with Gasteiger partial charge in [0.2, 0.25) is 0 Å². The Labute approximate surface area is 134 Å². The molecule has 4 nitrogen and oxygen atoms in total. The Morgan fingerprint density at radius 2 is 1.95 bits per heavy atom. The summed E-state index contributed by atoms with van der Waals surface area (Å²) in [6.45, 7) is 0. The number of halogens is 2. The molecule has 3 rings (SSSR count). The van der Waals surface area contributed by atoms with Crippen molar-refractivity contribution in [1.29, 1.82) is 0 Å². The third-order valence-corrected chi connectivity index (χ3v) is 4.70. The topological polar surface area (TPSA) is 82.0 Å². The number of carbonyl (C=O) groups is 1. The zero-order valence-electron chi connectivity index (χ0n) is 10.6. The molecule has 0 saturated carbocycles. The fourth-order valence-corrected chi connectivity index (χ4v) is 3.48. The number of rotatable bonds is 2. The third-order valence-electron chi connectivity index (χ3n) is 3.02. The molecule has 1 amide bonds. The van der Waals surface area contributed by atoms with Gasteiger partial charge in [-0.05, 0) is 30.3 Å². The van der Waals surface area contributed by atoms with Crippen molar-refractivity contribution in [2.75, 3.05) is 5.73 Å². The number of hydrogen-bond acceptors (Lipinski definition) is 4. The molecule has 2 aromatic heterocycles. The van der Waals surface area contributed by atoms with Crippen LogP contribution in [0.3, 0.4) is 0 Å². The minimum Gasteiger partial charge on any atom is -0.397 e. The largest absolute Gasteiger partial charge is 0.397 e. The molecule has 0 aliphatic heterocycles. The van der Waals surface area contributed by atoms with Gasteiger partial charge >= 0.3 is 0 Å². The first-order chi connectivity index (χ1) is 9.97. The summed E-state index contributed by atoms with van der Waals surface area (Å²) in [5, 5.41) is 1.78. The zero-order valence-corrected chi connectivity index (χ0v) is 12.9. The molecule has 1 aromatic carbocycles. The molecule has 0 atom stereocenters. The molecule has 106 valence electrons. The van der Waals surface area contributed by atoms with Crippen LogP contribution in [0.5, 0.6) is 0 Å². The summed E-state index contributed by atoms with van der Waals surface area (Å²) in [5.74, 6) is -0.554. The lowest BCUT2D eigenvalue weighted by Gasteiger charge is -2.04. The average molecular weight is 338 g/mol. The van der Waals surface area contributed by atoms with Crippen LogP contribution in [0.15, 0.2) is 30.3 Å². The van der Waals surface area contributed by atoms with Crippen LogP contribution in [-0.2, 0) is 0 Å². The van der Waals surface area contributed by atoms with Crippen molar-refractivity contribution in [3.8, 4) is 11.3 Å². The molecule has 21 heavy (non-hydrogen) atoms.